The summed E-state index contributed by atoms with van der Waals surface area (Å²) in [6, 6.07) is 2.62. The standard InChI is InChI=1S/C11H15F2NO2S/c1-3-14-10(7-17(2,15)16)11-8(12)5-4-6-9(11)13/h4-6,10,14H,3,7H2,1-2H3. The minimum absolute atomic E-state index is 0.222. The van der Waals surface area contributed by atoms with Gasteiger partial charge in [0.2, 0.25) is 0 Å². The summed E-state index contributed by atoms with van der Waals surface area (Å²) >= 11 is 0. The van der Waals surface area contributed by atoms with E-state index in [0.29, 0.717) is 6.54 Å². The molecular weight excluding hydrogens is 248 g/mol. The summed E-state index contributed by atoms with van der Waals surface area (Å²) in [5.74, 6) is -1.81. The second-order valence-corrected chi connectivity index (χ2v) is 6.02. The zero-order valence-electron chi connectivity index (χ0n) is 9.70. The summed E-state index contributed by atoms with van der Waals surface area (Å²) in [7, 11) is -3.32. The van der Waals surface area contributed by atoms with Gasteiger partial charge in [0.05, 0.1) is 11.8 Å². The first-order chi connectivity index (χ1) is 7.85. The Labute approximate surface area is 99.8 Å². The molecular formula is C11H15F2NO2S. The average molecular weight is 263 g/mol. The van der Waals surface area contributed by atoms with Gasteiger partial charge in [-0.25, -0.2) is 17.2 Å². The quantitative estimate of drug-likeness (QED) is 0.879. The van der Waals surface area contributed by atoms with Crippen LogP contribution < -0.4 is 5.32 Å². The Kier molecular flexibility index (Phi) is 4.59. The molecule has 0 fully saturated rings. The van der Waals surface area contributed by atoms with Crippen molar-refractivity contribution in [2.45, 2.75) is 13.0 Å². The maximum absolute atomic E-state index is 13.5. The Morgan fingerprint density at radius 1 is 1.29 bits per heavy atom. The van der Waals surface area contributed by atoms with E-state index in [1.165, 1.54) is 6.07 Å². The van der Waals surface area contributed by atoms with Crippen molar-refractivity contribution in [3.05, 3.63) is 35.4 Å². The zero-order chi connectivity index (χ0) is 13.1. The van der Waals surface area contributed by atoms with Crippen molar-refractivity contribution >= 4 is 9.84 Å². The van der Waals surface area contributed by atoms with Crippen LogP contribution in [0.2, 0.25) is 0 Å². The first-order valence-corrected chi connectivity index (χ1v) is 7.26. The van der Waals surface area contributed by atoms with Crippen LogP contribution in [0.15, 0.2) is 18.2 Å². The van der Waals surface area contributed by atoms with Gasteiger partial charge in [0.15, 0.2) is 0 Å². The molecule has 0 aliphatic rings. The molecule has 0 radical (unpaired) electrons. The van der Waals surface area contributed by atoms with E-state index in [1.807, 2.05) is 0 Å². The maximum atomic E-state index is 13.5. The van der Waals surface area contributed by atoms with Crippen LogP contribution in [0.5, 0.6) is 0 Å². The highest BCUT2D eigenvalue weighted by molar-refractivity contribution is 7.90. The first kappa shape index (κ1) is 14.1. The summed E-state index contributed by atoms with van der Waals surface area (Å²) in [4.78, 5) is 0. The summed E-state index contributed by atoms with van der Waals surface area (Å²) < 4.78 is 49.5. The molecule has 1 rings (SSSR count). The molecule has 1 atom stereocenters. The Morgan fingerprint density at radius 2 is 1.82 bits per heavy atom. The SMILES string of the molecule is CCNC(CS(C)(=O)=O)c1c(F)cccc1F. The van der Waals surface area contributed by atoms with Crippen LogP contribution in [0.1, 0.15) is 18.5 Å². The van der Waals surface area contributed by atoms with E-state index < -0.39 is 27.5 Å². The van der Waals surface area contributed by atoms with Crippen LogP contribution in [-0.4, -0.2) is 27.0 Å². The molecule has 1 unspecified atom stereocenters. The molecule has 0 amide bonds. The molecule has 0 heterocycles. The third-order valence-corrected chi connectivity index (χ3v) is 3.21. The van der Waals surface area contributed by atoms with Crippen molar-refractivity contribution in [2.24, 2.45) is 0 Å². The molecule has 1 aromatic carbocycles. The number of sulfone groups is 1. The fraction of sp³-hybridized carbons (Fsp3) is 0.455. The number of rotatable bonds is 5. The maximum Gasteiger partial charge on any atom is 0.149 e. The number of halogens is 2. The molecule has 3 nitrogen and oxygen atoms in total. The largest absolute Gasteiger partial charge is 0.309 e. The summed E-state index contributed by atoms with van der Waals surface area (Å²) in [5.41, 5.74) is -0.222. The van der Waals surface area contributed by atoms with Crippen molar-refractivity contribution in [3.63, 3.8) is 0 Å². The number of hydrogen-bond donors (Lipinski definition) is 1. The van der Waals surface area contributed by atoms with Crippen LogP contribution in [0.3, 0.4) is 0 Å². The topological polar surface area (TPSA) is 46.2 Å². The normalized spacial score (nSPS) is 13.6. The molecule has 17 heavy (non-hydrogen) atoms. The van der Waals surface area contributed by atoms with Gasteiger partial charge in [-0.05, 0) is 18.7 Å². The summed E-state index contributed by atoms with van der Waals surface area (Å²) in [5, 5.41) is 2.78. The van der Waals surface area contributed by atoms with Gasteiger partial charge in [-0.1, -0.05) is 13.0 Å². The molecule has 0 aliphatic heterocycles. The molecule has 0 aliphatic carbocycles. The highest BCUT2D eigenvalue weighted by Gasteiger charge is 2.22. The van der Waals surface area contributed by atoms with Crippen LogP contribution in [0, 0.1) is 11.6 Å². The third kappa shape index (κ3) is 4.05. The second kappa shape index (κ2) is 5.55. The van der Waals surface area contributed by atoms with Crippen molar-refractivity contribution in [1.29, 1.82) is 0 Å². The predicted molar refractivity (Wildman–Crippen MR) is 62.5 cm³/mol. The highest BCUT2D eigenvalue weighted by Crippen LogP contribution is 2.21. The minimum atomic E-state index is -3.32. The van der Waals surface area contributed by atoms with Gasteiger partial charge < -0.3 is 5.32 Å². The Balaban J connectivity index is 3.14. The molecule has 0 spiro atoms. The Bertz CT molecular complexity index is 468. The van der Waals surface area contributed by atoms with E-state index in [1.54, 1.807) is 6.92 Å². The molecule has 0 saturated carbocycles. The lowest BCUT2D eigenvalue weighted by atomic mass is 10.1. The smallest absolute Gasteiger partial charge is 0.149 e. The Hall–Kier alpha value is -1.01. The van der Waals surface area contributed by atoms with E-state index in [9.17, 15) is 17.2 Å². The van der Waals surface area contributed by atoms with Gasteiger partial charge in [-0.3, -0.25) is 0 Å². The molecule has 0 aromatic heterocycles. The van der Waals surface area contributed by atoms with Crippen molar-refractivity contribution in [2.75, 3.05) is 18.6 Å². The fourth-order valence-corrected chi connectivity index (χ4v) is 2.53. The van der Waals surface area contributed by atoms with Gasteiger partial charge in [0, 0.05) is 11.8 Å². The van der Waals surface area contributed by atoms with Gasteiger partial charge in [-0.2, -0.15) is 0 Å². The van der Waals surface area contributed by atoms with Crippen molar-refractivity contribution in [3.8, 4) is 0 Å². The van der Waals surface area contributed by atoms with E-state index in [2.05, 4.69) is 5.32 Å². The zero-order valence-corrected chi connectivity index (χ0v) is 10.5. The van der Waals surface area contributed by atoms with Crippen LogP contribution >= 0.6 is 0 Å². The van der Waals surface area contributed by atoms with E-state index in [4.69, 9.17) is 0 Å². The van der Waals surface area contributed by atoms with E-state index >= 15 is 0 Å². The summed E-state index contributed by atoms with van der Waals surface area (Å²) in [6.45, 7) is 2.17. The fourth-order valence-electron chi connectivity index (χ4n) is 1.64. The van der Waals surface area contributed by atoms with E-state index in [-0.39, 0.29) is 11.3 Å². The molecule has 6 heteroatoms. The van der Waals surface area contributed by atoms with Gasteiger partial charge >= 0.3 is 0 Å². The average Bonchev–Trinajstić information content (AvgIpc) is 2.15. The Morgan fingerprint density at radius 3 is 2.24 bits per heavy atom. The predicted octanol–water partition coefficient (Wildman–Crippen LogP) is 1.66. The molecule has 96 valence electrons. The van der Waals surface area contributed by atoms with Gasteiger partial charge in [0.1, 0.15) is 21.5 Å². The van der Waals surface area contributed by atoms with Crippen LogP contribution in [0.4, 0.5) is 8.78 Å². The monoisotopic (exact) mass is 263 g/mol. The molecule has 1 aromatic rings. The number of hydrogen-bond acceptors (Lipinski definition) is 3. The van der Waals surface area contributed by atoms with Gasteiger partial charge in [-0.15, -0.1) is 0 Å². The first-order valence-electron chi connectivity index (χ1n) is 5.20. The van der Waals surface area contributed by atoms with Crippen molar-refractivity contribution < 1.29 is 17.2 Å². The van der Waals surface area contributed by atoms with Crippen LogP contribution in [0.25, 0.3) is 0 Å². The molecule has 0 saturated heterocycles. The minimum Gasteiger partial charge on any atom is -0.309 e. The van der Waals surface area contributed by atoms with Crippen molar-refractivity contribution in [1.82, 2.24) is 5.32 Å². The van der Waals surface area contributed by atoms with E-state index in [0.717, 1.165) is 18.4 Å². The lowest BCUT2D eigenvalue weighted by molar-refractivity contribution is 0.493. The number of benzene rings is 1. The third-order valence-electron chi connectivity index (χ3n) is 2.27. The van der Waals surface area contributed by atoms with Gasteiger partial charge in [0.25, 0.3) is 0 Å². The second-order valence-electron chi connectivity index (χ2n) is 3.84. The lowest BCUT2D eigenvalue weighted by Gasteiger charge is -2.18. The molecule has 0 bridgehead atoms. The summed E-state index contributed by atoms with van der Waals surface area (Å²) in [6.07, 6.45) is 1.04. The molecule has 1 N–H and O–H groups in total. The highest BCUT2D eigenvalue weighted by atomic mass is 32.2. The number of nitrogens with one attached hydrogen (secondary N) is 1. The lowest BCUT2D eigenvalue weighted by Crippen LogP contribution is -2.29. The van der Waals surface area contributed by atoms with Crippen LogP contribution in [-0.2, 0) is 9.84 Å².